The van der Waals surface area contributed by atoms with Crippen LogP contribution in [0, 0.1) is 0 Å². The largest absolute Gasteiger partial charge is 0.325 e. The number of aromatic nitrogens is 2. The molecule has 5 nitrogen and oxygen atoms in total. The highest BCUT2D eigenvalue weighted by Crippen LogP contribution is 2.12. The minimum absolute atomic E-state index is 0.0493. The number of amides is 1. The Hall–Kier alpha value is -2.14. The second-order valence-electron chi connectivity index (χ2n) is 5.65. The predicted octanol–water partition coefficient (Wildman–Crippen LogP) is 2.20. The molecule has 0 unspecified atom stereocenters. The van der Waals surface area contributed by atoms with Gasteiger partial charge in [0.25, 0.3) is 0 Å². The van der Waals surface area contributed by atoms with Gasteiger partial charge in [0.05, 0.1) is 12.2 Å². The van der Waals surface area contributed by atoms with E-state index in [1.807, 2.05) is 57.3 Å². The summed E-state index contributed by atoms with van der Waals surface area (Å²) in [7, 11) is 0. The highest BCUT2D eigenvalue weighted by molar-refractivity contribution is 5.92. The van der Waals surface area contributed by atoms with Gasteiger partial charge in [0.1, 0.15) is 0 Å². The van der Waals surface area contributed by atoms with Crippen LogP contribution >= 0.6 is 0 Å². The van der Waals surface area contributed by atoms with E-state index in [2.05, 4.69) is 15.7 Å². The third-order valence-corrected chi connectivity index (χ3v) is 2.70. The van der Waals surface area contributed by atoms with Gasteiger partial charge >= 0.3 is 0 Å². The molecule has 1 heterocycles. The number of carbonyl (C=O) groups is 1. The molecule has 0 saturated heterocycles. The third-order valence-electron chi connectivity index (χ3n) is 2.70. The average molecular weight is 272 g/mol. The first kappa shape index (κ1) is 14.3. The average Bonchev–Trinajstić information content (AvgIpc) is 2.90. The van der Waals surface area contributed by atoms with Crippen LogP contribution < -0.4 is 10.6 Å². The second-order valence-corrected chi connectivity index (χ2v) is 5.65. The zero-order valence-corrected chi connectivity index (χ0v) is 12.1. The monoisotopic (exact) mass is 272 g/mol. The molecule has 2 N–H and O–H groups in total. The number of hydrogen-bond donors (Lipinski definition) is 2. The van der Waals surface area contributed by atoms with Crippen LogP contribution in [0.1, 0.15) is 20.8 Å². The summed E-state index contributed by atoms with van der Waals surface area (Å²) < 4.78 is 1.77. The van der Waals surface area contributed by atoms with E-state index in [1.54, 1.807) is 10.9 Å². The van der Waals surface area contributed by atoms with Gasteiger partial charge in [-0.15, -0.1) is 0 Å². The first-order chi connectivity index (χ1) is 9.44. The van der Waals surface area contributed by atoms with Crippen molar-refractivity contribution >= 4 is 11.6 Å². The van der Waals surface area contributed by atoms with Crippen molar-refractivity contribution in [3.63, 3.8) is 0 Å². The van der Waals surface area contributed by atoms with Crippen LogP contribution in [-0.4, -0.2) is 27.8 Å². The number of carbonyl (C=O) groups excluding carboxylic acids is 1. The van der Waals surface area contributed by atoms with Gasteiger partial charge in [-0.05, 0) is 51.1 Å². The molecule has 0 spiro atoms. The minimum atomic E-state index is -0.0682. The number of anilines is 1. The van der Waals surface area contributed by atoms with E-state index in [4.69, 9.17) is 0 Å². The molecule has 0 bridgehead atoms. The summed E-state index contributed by atoms with van der Waals surface area (Å²) in [5.74, 6) is -0.0493. The summed E-state index contributed by atoms with van der Waals surface area (Å²) in [6.45, 7) is 6.38. The van der Waals surface area contributed by atoms with Crippen LogP contribution in [0.2, 0.25) is 0 Å². The Morgan fingerprint density at radius 3 is 2.50 bits per heavy atom. The van der Waals surface area contributed by atoms with Crippen LogP contribution in [0.5, 0.6) is 0 Å². The molecule has 0 aliphatic rings. The van der Waals surface area contributed by atoms with Crippen molar-refractivity contribution in [1.29, 1.82) is 0 Å². The SMILES string of the molecule is CC(C)(C)NCC(=O)Nc1ccc(-n2cccn2)cc1. The quantitative estimate of drug-likeness (QED) is 0.897. The van der Waals surface area contributed by atoms with Crippen molar-refractivity contribution in [1.82, 2.24) is 15.1 Å². The zero-order chi connectivity index (χ0) is 14.6. The molecule has 0 radical (unpaired) electrons. The highest BCUT2D eigenvalue weighted by atomic mass is 16.1. The lowest BCUT2D eigenvalue weighted by molar-refractivity contribution is -0.115. The fraction of sp³-hybridized carbons (Fsp3) is 0.333. The van der Waals surface area contributed by atoms with E-state index in [9.17, 15) is 4.79 Å². The molecule has 0 atom stereocenters. The molecular formula is C15H20N4O. The van der Waals surface area contributed by atoms with E-state index < -0.39 is 0 Å². The van der Waals surface area contributed by atoms with Crippen LogP contribution in [0.25, 0.3) is 5.69 Å². The predicted molar refractivity (Wildman–Crippen MR) is 79.9 cm³/mol. The molecule has 0 fully saturated rings. The molecule has 0 aliphatic heterocycles. The highest BCUT2D eigenvalue weighted by Gasteiger charge is 2.11. The second kappa shape index (κ2) is 5.88. The summed E-state index contributed by atoms with van der Waals surface area (Å²) in [6, 6.07) is 9.44. The van der Waals surface area contributed by atoms with Crippen molar-refractivity contribution in [3.8, 4) is 5.69 Å². The Balaban J connectivity index is 1.92. The van der Waals surface area contributed by atoms with Crippen molar-refractivity contribution in [3.05, 3.63) is 42.7 Å². The lowest BCUT2D eigenvalue weighted by Crippen LogP contribution is -2.41. The molecule has 5 heteroatoms. The Morgan fingerprint density at radius 1 is 1.25 bits per heavy atom. The lowest BCUT2D eigenvalue weighted by atomic mass is 10.1. The van der Waals surface area contributed by atoms with Crippen LogP contribution in [-0.2, 0) is 4.79 Å². The summed E-state index contributed by atoms with van der Waals surface area (Å²) in [6.07, 6.45) is 3.61. The van der Waals surface area contributed by atoms with Crippen molar-refractivity contribution in [2.45, 2.75) is 26.3 Å². The summed E-state index contributed by atoms with van der Waals surface area (Å²) in [5, 5.41) is 10.2. The van der Waals surface area contributed by atoms with E-state index in [0.29, 0.717) is 6.54 Å². The number of nitrogens with zero attached hydrogens (tertiary/aromatic N) is 2. The van der Waals surface area contributed by atoms with Crippen LogP contribution in [0.15, 0.2) is 42.7 Å². The maximum Gasteiger partial charge on any atom is 0.238 e. The first-order valence-electron chi connectivity index (χ1n) is 6.59. The molecule has 1 aromatic heterocycles. The molecule has 106 valence electrons. The van der Waals surface area contributed by atoms with Gasteiger partial charge in [0.15, 0.2) is 0 Å². The van der Waals surface area contributed by atoms with Crippen LogP contribution in [0.3, 0.4) is 0 Å². The number of rotatable bonds is 4. The fourth-order valence-electron chi connectivity index (χ4n) is 1.67. The summed E-state index contributed by atoms with van der Waals surface area (Å²) in [4.78, 5) is 11.8. The Labute approximate surface area is 119 Å². The van der Waals surface area contributed by atoms with E-state index in [1.165, 1.54) is 0 Å². The molecule has 0 saturated carbocycles. The van der Waals surface area contributed by atoms with Gasteiger partial charge in [-0.2, -0.15) is 5.10 Å². The minimum Gasteiger partial charge on any atom is -0.325 e. The molecule has 1 aromatic carbocycles. The zero-order valence-electron chi connectivity index (χ0n) is 12.1. The van der Waals surface area contributed by atoms with E-state index in [0.717, 1.165) is 11.4 Å². The Kier molecular flexibility index (Phi) is 4.20. The van der Waals surface area contributed by atoms with Gasteiger partial charge in [-0.3, -0.25) is 4.79 Å². The van der Waals surface area contributed by atoms with Crippen molar-refractivity contribution < 1.29 is 4.79 Å². The molecule has 2 rings (SSSR count). The van der Waals surface area contributed by atoms with Gasteiger partial charge in [0, 0.05) is 23.6 Å². The molecule has 2 aromatic rings. The van der Waals surface area contributed by atoms with Crippen molar-refractivity contribution in [2.24, 2.45) is 0 Å². The van der Waals surface area contributed by atoms with Crippen molar-refractivity contribution in [2.75, 3.05) is 11.9 Å². The molecular weight excluding hydrogens is 252 g/mol. The van der Waals surface area contributed by atoms with Gasteiger partial charge in [-0.25, -0.2) is 4.68 Å². The fourth-order valence-corrected chi connectivity index (χ4v) is 1.67. The molecule has 20 heavy (non-hydrogen) atoms. The van der Waals surface area contributed by atoms with Crippen LogP contribution in [0.4, 0.5) is 5.69 Å². The number of nitrogens with one attached hydrogen (secondary N) is 2. The van der Waals surface area contributed by atoms with Gasteiger partial charge in [0.2, 0.25) is 5.91 Å². The Bertz CT molecular complexity index is 553. The molecule has 1 amide bonds. The summed E-state index contributed by atoms with van der Waals surface area (Å²) >= 11 is 0. The summed E-state index contributed by atoms with van der Waals surface area (Å²) in [5.41, 5.74) is 1.67. The maximum absolute atomic E-state index is 11.8. The molecule has 0 aliphatic carbocycles. The lowest BCUT2D eigenvalue weighted by Gasteiger charge is -2.20. The third kappa shape index (κ3) is 4.20. The van der Waals surface area contributed by atoms with Gasteiger partial charge < -0.3 is 10.6 Å². The normalized spacial score (nSPS) is 11.3. The first-order valence-corrected chi connectivity index (χ1v) is 6.59. The van der Waals surface area contributed by atoms with E-state index in [-0.39, 0.29) is 11.4 Å². The van der Waals surface area contributed by atoms with E-state index >= 15 is 0 Å². The number of hydrogen-bond acceptors (Lipinski definition) is 3. The Morgan fingerprint density at radius 2 is 1.95 bits per heavy atom. The standard InChI is InChI=1S/C15H20N4O/c1-15(2,3)16-11-14(20)18-12-5-7-13(8-6-12)19-10-4-9-17-19/h4-10,16H,11H2,1-3H3,(H,18,20). The van der Waals surface area contributed by atoms with Gasteiger partial charge in [-0.1, -0.05) is 0 Å². The maximum atomic E-state index is 11.8. The number of benzene rings is 1. The topological polar surface area (TPSA) is 59.0 Å². The smallest absolute Gasteiger partial charge is 0.238 e.